The quantitative estimate of drug-likeness (QED) is 0.864. The molecule has 1 unspecified atom stereocenters. The van der Waals surface area contributed by atoms with Gasteiger partial charge in [-0.15, -0.1) is 0 Å². The Bertz CT molecular complexity index is 575. The zero-order valence-electron chi connectivity index (χ0n) is 15.2. The van der Waals surface area contributed by atoms with Crippen LogP contribution < -0.4 is 20.1 Å². The molecule has 2 N–H and O–H groups in total. The molecule has 0 spiro atoms. The minimum absolute atomic E-state index is 0.497. The van der Waals surface area contributed by atoms with Crippen LogP contribution in [0.2, 0.25) is 0 Å². The number of hydrogen-bond donors (Lipinski definition) is 2. The van der Waals surface area contributed by atoms with E-state index >= 15 is 0 Å². The van der Waals surface area contributed by atoms with Gasteiger partial charge in [-0.05, 0) is 70.3 Å². The van der Waals surface area contributed by atoms with Crippen molar-refractivity contribution in [3.05, 3.63) is 17.7 Å². The standard InChI is InChI=1S/C18H28N2O4/c1-18(2,3)24-17(21)20-14-9-13(8-12-6-7-19-11-12)10-15(22-4)16(14)23-5/h9-10,12,19H,6-8,11H2,1-5H3,(H,20,21). The van der Waals surface area contributed by atoms with Crippen LogP contribution in [-0.2, 0) is 11.2 Å². The molecule has 1 heterocycles. The van der Waals surface area contributed by atoms with E-state index in [9.17, 15) is 4.79 Å². The van der Waals surface area contributed by atoms with E-state index in [1.165, 1.54) is 0 Å². The van der Waals surface area contributed by atoms with Gasteiger partial charge in [0.1, 0.15) is 5.60 Å². The second kappa shape index (κ2) is 7.75. The smallest absolute Gasteiger partial charge is 0.412 e. The van der Waals surface area contributed by atoms with Crippen LogP contribution in [0.1, 0.15) is 32.8 Å². The average molecular weight is 336 g/mol. The summed E-state index contributed by atoms with van der Waals surface area (Å²) in [6.07, 6.45) is 1.57. The summed E-state index contributed by atoms with van der Waals surface area (Å²) in [7, 11) is 3.15. The van der Waals surface area contributed by atoms with Crippen LogP contribution in [0.25, 0.3) is 0 Å². The van der Waals surface area contributed by atoms with E-state index in [2.05, 4.69) is 10.6 Å². The summed E-state index contributed by atoms with van der Waals surface area (Å²) < 4.78 is 16.2. The lowest BCUT2D eigenvalue weighted by Gasteiger charge is -2.21. The van der Waals surface area contributed by atoms with Crippen LogP contribution in [0.5, 0.6) is 11.5 Å². The predicted octanol–water partition coefficient (Wildman–Crippen LogP) is 3.20. The molecule has 0 aromatic heterocycles. The molecule has 1 atom stereocenters. The van der Waals surface area contributed by atoms with E-state index in [0.29, 0.717) is 23.1 Å². The zero-order valence-corrected chi connectivity index (χ0v) is 15.2. The minimum Gasteiger partial charge on any atom is -0.493 e. The number of carbonyl (C=O) groups excluding carboxylic acids is 1. The first-order valence-electron chi connectivity index (χ1n) is 8.28. The van der Waals surface area contributed by atoms with Gasteiger partial charge in [-0.25, -0.2) is 4.79 Å². The third kappa shape index (κ3) is 5.03. The van der Waals surface area contributed by atoms with Crippen molar-refractivity contribution in [2.75, 3.05) is 32.6 Å². The molecular formula is C18H28N2O4. The van der Waals surface area contributed by atoms with Crippen LogP contribution in [0, 0.1) is 5.92 Å². The van der Waals surface area contributed by atoms with Crippen molar-refractivity contribution in [2.24, 2.45) is 5.92 Å². The van der Waals surface area contributed by atoms with Crippen LogP contribution in [0.4, 0.5) is 10.5 Å². The fourth-order valence-electron chi connectivity index (χ4n) is 2.87. The summed E-state index contributed by atoms with van der Waals surface area (Å²) in [5.74, 6) is 1.70. The number of amides is 1. The lowest BCUT2D eigenvalue weighted by atomic mass is 9.98. The Morgan fingerprint density at radius 3 is 2.58 bits per heavy atom. The summed E-state index contributed by atoms with van der Waals surface area (Å²) in [4.78, 5) is 12.1. The number of anilines is 1. The highest BCUT2D eigenvalue weighted by Crippen LogP contribution is 2.37. The fourth-order valence-corrected chi connectivity index (χ4v) is 2.87. The summed E-state index contributed by atoms with van der Waals surface area (Å²) in [6.45, 7) is 7.56. The summed E-state index contributed by atoms with van der Waals surface area (Å²) in [5, 5.41) is 6.15. The van der Waals surface area contributed by atoms with Crippen molar-refractivity contribution in [3.63, 3.8) is 0 Å². The maximum absolute atomic E-state index is 12.1. The van der Waals surface area contributed by atoms with Gasteiger partial charge >= 0.3 is 6.09 Å². The molecule has 1 aromatic carbocycles. The molecule has 1 amide bonds. The molecule has 1 saturated heterocycles. The molecule has 2 rings (SSSR count). The van der Waals surface area contributed by atoms with Gasteiger partial charge in [0.15, 0.2) is 11.5 Å². The van der Waals surface area contributed by atoms with Crippen molar-refractivity contribution < 1.29 is 19.0 Å². The lowest BCUT2D eigenvalue weighted by Crippen LogP contribution is -2.27. The molecule has 24 heavy (non-hydrogen) atoms. The Labute approximate surface area is 143 Å². The Hall–Kier alpha value is -1.95. The van der Waals surface area contributed by atoms with Gasteiger partial charge in [-0.1, -0.05) is 0 Å². The van der Waals surface area contributed by atoms with Gasteiger partial charge in [0.2, 0.25) is 0 Å². The van der Waals surface area contributed by atoms with Gasteiger partial charge in [0, 0.05) is 0 Å². The first kappa shape index (κ1) is 18.4. The highest BCUT2D eigenvalue weighted by atomic mass is 16.6. The topological polar surface area (TPSA) is 68.8 Å². The van der Waals surface area contributed by atoms with E-state index in [1.807, 2.05) is 32.9 Å². The van der Waals surface area contributed by atoms with Crippen LogP contribution in [-0.4, -0.2) is 39.0 Å². The Morgan fingerprint density at radius 1 is 1.29 bits per heavy atom. The Kier molecular flexibility index (Phi) is 5.94. The lowest BCUT2D eigenvalue weighted by molar-refractivity contribution is 0.0635. The van der Waals surface area contributed by atoms with E-state index in [1.54, 1.807) is 14.2 Å². The average Bonchev–Trinajstić information content (AvgIpc) is 2.97. The molecular weight excluding hydrogens is 308 g/mol. The van der Waals surface area contributed by atoms with E-state index < -0.39 is 11.7 Å². The first-order valence-corrected chi connectivity index (χ1v) is 8.28. The highest BCUT2D eigenvalue weighted by molar-refractivity contribution is 5.88. The second-order valence-electron chi connectivity index (χ2n) is 7.07. The largest absolute Gasteiger partial charge is 0.493 e. The third-order valence-corrected chi connectivity index (χ3v) is 3.86. The zero-order chi connectivity index (χ0) is 17.7. The molecule has 0 bridgehead atoms. The summed E-state index contributed by atoms with van der Waals surface area (Å²) in [5.41, 5.74) is 1.11. The number of carbonyl (C=O) groups is 1. The van der Waals surface area contributed by atoms with Crippen molar-refractivity contribution in [3.8, 4) is 11.5 Å². The van der Waals surface area contributed by atoms with Crippen LogP contribution in [0.15, 0.2) is 12.1 Å². The van der Waals surface area contributed by atoms with Gasteiger partial charge < -0.3 is 19.5 Å². The number of benzene rings is 1. The molecule has 6 heteroatoms. The molecule has 1 fully saturated rings. The molecule has 0 aliphatic carbocycles. The van der Waals surface area contributed by atoms with Crippen LogP contribution >= 0.6 is 0 Å². The number of methoxy groups -OCH3 is 2. The van der Waals surface area contributed by atoms with Crippen molar-refractivity contribution in [1.29, 1.82) is 0 Å². The van der Waals surface area contributed by atoms with E-state index in [0.717, 1.165) is 31.5 Å². The molecule has 6 nitrogen and oxygen atoms in total. The second-order valence-corrected chi connectivity index (χ2v) is 7.07. The number of ether oxygens (including phenoxy) is 3. The fraction of sp³-hybridized carbons (Fsp3) is 0.611. The molecule has 0 saturated carbocycles. The van der Waals surface area contributed by atoms with Crippen LogP contribution in [0.3, 0.4) is 0 Å². The maximum atomic E-state index is 12.1. The number of nitrogens with one attached hydrogen (secondary N) is 2. The SMILES string of the molecule is COc1cc(CC2CCNC2)cc(NC(=O)OC(C)(C)C)c1OC. The molecule has 1 aliphatic rings. The van der Waals surface area contributed by atoms with Crippen molar-refractivity contribution in [2.45, 2.75) is 39.2 Å². The minimum atomic E-state index is -0.561. The number of rotatable bonds is 5. The number of hydrogen-bond acceptors (Lipinski definition) is 5. The molecule has 1 aliphatic heterocycles. The summed E-state index contributed by atoms with van der Waals surface area (Å²) in [6, 6.07) is 3.90. The highest BCUT2D eigenvalue weighted by Gasteiger charge is 2.21. The Balaban J connectivity index is 2.23. The monoisotopic (exact) mass is 336 g/mol. The maximum Gasteiger partial charge on any atom is 0.412 e. The normalized spacial score (nSPS) is 17.5. The van der Waals surface area contributed by atoms with E-state index in [4.69, 9.17) is 14.2 Å². The van der Waals surface area contributed by atoms with Crippen molar-refractivity contribution >= 4 is 11.8 Å². The van der Waals surface area contributed by atoms with Crippen molar-refractivity contribution in [1.82, 2.24) is 5.32 Å². The van der Waals surface area contributed by atoms with Gasteiger partial charge in [0.05, 0.1) is 19.9 Å². The van der Waals surface area contributed by atoms with Gasteiger partial charge in [-0.2, -0.15) is 0 Å². The third-order valence-electron chi connectivity index (χ3n) is 3.86. The summed E-state index contributed by atoms with van der Waals surface area (Å²) >= 11 is 0. The molecule has 0 radical (unpaired) electrons. The first-order chi connectivity index (χ1) is 11.3. The molecule has 1 aromatic rings. The Morgan fingerprint density at radius 2 is 2.04 bits per heavy atom. The molecule has 134 valence electrons. The van der Waals surface area contributed by atoms with Gasteiger partial charge in [0.25, 0.3) is 0 Å². The predicted molar refractivity (Wildman–Crippen MR) is 94.1 cm³/mol. The van der Waals surface area contributed by atoms with E-state index in [-0.39, 0.29) is 0 Å². The van der Waals surface area contributed by atoms with Gasteiger partial charge in [-0.3, -0.25) is 5.32 Å².